The number of hydrogen-bond donors (Lipinski definition) is 0. The molecule has 1 nitrogen and oxygen atoms in total. The van der Waals surface area contributed by atoms with Gasteiger partial charge in [-0.1, -0.05) is 0 Å². The summed E-state index contributed by atoms with van der Waals surface area (Å²) in [6, 6.07) is 4.38. The summed E-state index contributed by atoms with van der Waals surface area (Å²) in [5.74, 6) is -2.95. The van der Waals surface area contributed by atoms with Gasteiger partial charge >= 0.3 is 0 Å². The van der Waals surface area contributed by atoms with Crippen LogP contribution in [0, 0.1) is 5.82 Å². The van der Waals surface area contributed by atoms with Gasteiger partial charge in [0.1, 0.15) is 5.82 Å². The molecule has 84 valence electrons. The number of nitrogens with zero attached hydrogens (tertiary/aromatic N) is 1. The number of alkyl halides is 2. The number of halogens is 3. The van der Waals surface area contributed by atoms with Crippen molar-refractivity contribution in [3.05, 3.63) is 41.5 Å². The third kappa shape index (κ3) is 1.40. The van der Waals surface area contributed by atoms with Crippen LogP contribution in [0.5, 0.6) is 0 Å². The topological polar surface area (TPSA) is 4.41 Å². The Bertz CT molecular complexity index is 557. The van der Waals surface area contributed by atoms with Gasteiger partial charge in [-0.2, -0.15) is 0 Å². The highest BCUT2D eigenvalue weighted by Crippen LogP contribution is 2.34. The van der Waals surface area contributed by atoms with Crippen molar-refractivity contribution in [1.29, 1.82) is 0 Å². The quantitative estimate of drug-likeness (QED) is 0.648. The van der Waals surface area contributed by atoms with Crippen LogP contribution in [0.3, 0.4) is 0 Å². The smallest absolute Gasteiger partial charge is 0.252 e. The summed E-state index contributed by atoms with van der Waals surface area (Å²) < 4.78 is 41.2. The molecule has 2 heterocycles. The summed E-state index contributed by atoms with van der Waals surface area (Å²) in [7, 11) is 0. The molecule has 0 unspecified atom stereocenters. The molecule has 1 aliphatic carbocycles. The normalized spacial score (nSPS) is 18.7. The molecule has 0 bridgehead atoms. The Kier molecular flexibility index (Phi) is 1.85. The summed E-state index contributed by atoms with van der Waals surface area (Å²) in [4.78, 5) is 0. The highest BCUT2D eigenvalue weighted by atomic mass is 19.3. The lowest BCUT2D eigenvalue weighted by Gasteiger charge is -2.22. The predicted molar refractivity (Wildman–Crippen MR) is 54.3 cm³/mol. The fourth-order valence-corrected chi connectivity index (χ4v) is 2.37. The fraction of sp³-hybridized carbons (Fsp3) is 0.333. The molecule has 0 saturated heterocycles. The summed E-state index contributed by atoms with van der Waals surface area (Å²) in [6.45, 7) is 0. The predicted octanol–water partition coefficient (Wildman–Crippen LogP) is 3.20. The van der Waals surface area contributed by atoms with Crippen LogP contribution < -0.4 is 0 Å². The highest BCUT2D eigenvalue weighted by Gasteiger charge is 2.35. The number of fused-ring (bicyclic) bond motifs is 3. The molecule has 0 spiro atoms. The van der Waals surface area contributed by atoms with E-state index in [1.807, 2.05) is 0 Å². The van der Waals surface area contributed by atoms with E-state index in [0.29, 0.717) is 17.5 Å². The maximum Gasteiger partial charge on any atom is 0.252 e. The molecule has 2 aromatic rings. The summed E-state index contributed by atoms with van der Waals surface area (Å²) in [5.41, 5.74) is 2.19. The standard InChI is InChI=1S/C12H10F3N/c13-9-2-4-16-10(6-9)5-8-7-12(14,15)3-1-11(8)16/h2,4-6H,1,3,7H2. The lowest BCUT2D eigenvalue weighted by Crippen LogP contribution is -2.25. The molecule has 0 amide bonds. The third-order valence-electron chi connectivity index (χ3n) is 3.11. The van der Waals surface area contributed by atoms with E-state index in [9.17, 15) is 13.2 Å². The molecule has 0 atom stereocenters. The van der Waals surface area contributed by atoms with Crippen LogP contribution in [-0.2, 0) is 12.8 Å². The van der Waals surface area contributed by atoms with Gasteiger partial charge in [-0.15, -0.1) is 0 Å². The lowest BCUT2D eigenvalue weighted by atomic mass is 9.94. The number of aryl methyl sites for hydroxylation is 1. The zero-order valence-electron chi connectivity index (χ0n) is 8.51. The molecule has 1 aliphatic rings. The number of rotatable bonds is 0. The van der Waals surface area contributed by atoms with Crippen molar-refractivity contribution in [3.63, 3.8) is 0 Å². The van der Waals surface area contributed by atoms with E-state index in [-0.39, 0.29) is 18.7 Å². The monoisotopic (exact) mass is 225 g/mol. The molecule has 0 aromatic carbocycles. The van der Waals surface area contributed by atoms with E-state index in [0.717, 1.165) is 5.69 Å². The average Bonchev–Trinajstić information content (AvgIpc) is 2.51. The molecule has 0 aliphatic heterocycles. The third-order valence-corrected chi connectivity index (χ3v) is 3.11. The second kappa shape index (κ2) is 3.03. The lowest BCUT2D eigenvalue weighted by molar-refractivity contribution is -0.0126. The maximum atomic E-state index is 13.2. The summed E-state index contributed by atoms with van der Waals surface area (Å²) in [5, 5.41) is 0. The second-order valence-corrected chi connectivity index (χ2v) is 4.29. The SMILES string of the molecule is Fc1ccn2c3c(cc2c1)CC(F)(F)CC3. The van der Waals surface area contributed by atoms with Crippen LogP contribution in [0.2, 0.25) is 0 Å². The molecule has 3 rings (SSSR count). The van der Waals surface area contributed by atoms with Crippen molar-refractivity contribution >= 4 is 5.52 Å². The van der Waals surface area contributed by atoms with E-state index >= 15 is 0 Å². The van der Waals surface area contributed by atoms with Gasteiger partial charge < -0.3 is 4.40 Å². The van der Waals surface area contributed by atoms with Crippen molar-refractivity contribution in [2.45, 2.75) is 25.2 Å². The van der Waals surface area contributed by atoms with E-state index in [1.54, 1.807) is 16.7 Å². The Hall–Kier alpha value is -1.45. The van der Waals surface area contributed by atoms with Gasteiger partial charge in [0, 0.05) is 30.2 Å². The zero-order chi connectivity index (χ0) is 11.3. The van der Waals surface area contributed by atoms with E-state index < -0.39 is 5.92 Å². The van der Waals surface area contributed by atoms with Crippen LogP contribution >= 0.6 is 0 Å². The van der Waals surface area contributed by atoms with E-state index in [4.69, 9.17) is 0 Å². The van der Waals surface area contributed by atoms with Gasteiger partial charge in [-0.25, -0.2) is 13.2 Å². The molecular formula is C12H10F3N. The minimum atomic E-state index is -2.61. The largest absolute Gasteiger partial charge is 0.320 e. The van der Waals surface area contributed by atoms with Crippen molar-refractivity contribution in [2.24, 2.45) is 0 Å². The van der Waals surface area contributed by atoms with Gasteiger partial charge in [-0.3, -0.25) is 0 Å². The Balaban J connectivity index is 2.20. The first-order chi connectivity index (χ1) is 7.55. The number of pyridine rings is 1. The minimum absolute atomic E-state index is 0.122. The van der Waals surface area contributed by atoms with Gasteiger partial charge in [-0.05, 0) is 30.2 Å². The molecule has 4 heteroatoms. The Morgan fingerprint density at radius 1 is 1.25 bits per heavy atom. The first-order valence-electron chi connectivity index (χ1n) is 5.21. The average molecular weight is 225 g/mol. The summed E-state index contributed by atoms with van der Waals surface area (Å²) in [6.07, 6.45) is 1.60. The van der Waals surface area contributed by atoms with Crippen LogP contribution in [0.4, 0.5) is 13.2 Å². The van der Waals surface area contributed by atoms with E-state index in [1.165, 1.54) is 12.1 Å². The van der Waals surface area contributed by atoms with Gasteiger partial charge in [0.05, 0.1) is 0 Å². The first-order valence-corrected chi connectivity index (χ1v) is 5.21. The van der Waals surface area contributed by atoms with Crippen LogP contribution in [-0.4, -0.2) is 10.3 Å². The fourth-order valence-electron chi connectivity index (χ4n) is 2.37. The Labute approximate surface area is 90.5 Å². The first kappa shape index (κ1) is 9.75. The molecule has 0 radical (unpaired) electrons. The highest BCUT2D eigenvalue weighted by molar-refractivity contribution is 5.54. The van der Waals surface area contributed by atoms with Crippen LogP contribution in [0.25, 0.3) is 5.52 Å². The Morgan fingerprint density at radius 2 is 2.06 bits per heavy atom. The van der Waals surface area contributed by atoms with Crippen molar-refractivity contribution in [3.8, 4) is 0 Å². The van der Waals surface area contributed by atoms with E-state index in [2.05, 4.69) is 0 Å². The molecular weight excluding hydrogens is 215 g/mol. The summed E-state index contributed by atoms with van der Waals surface area (Å²) >= 11 is 0. The zero-order valence-corrected chi connectivity index (χ0v) is 8.51. The minimum Gasteiger partial charge on any atom is -0.320 e. The molecule has 0 N–H and O–H groups in total. The maximum absolute atomic E-state index is 13.2. The van der Waals surface area contributed by atoms with Crippen LogP contribution in [0.15, 0.2) is 24.4 Å². The Morgan fingerprint density at radius 3 is 2.88 bits per heavy atom. The molecule has 0 saturated carbocycles. The van der Waals surface area contributed by atoms with Crippen LogP contribution in [0.1, 0.15) is 17.7 Å². The number of aromatic nitrogens is 1. The van der Waals surface area contributed by atoms with Crippen molar-refractivity contribution in [2.75, 3.05) is 0 Å². The van der Waals surface area contributed by atoms with Crippen molar-refractivity contribution < 1.29 is 13.2 Å². The van der Waals surface area contributed by atoms with Gasteiger partial charge in [0.2, 0.25) is 0 Å². The second-order valence-electron chi connectivity index (χ2n) is 4.29. The molecule has 0 fully saturated rings. The van der Waals surface area contributed by atoms with Crippen molar-refractivity contribution in [1.82, 2.24) is 4.40 Å². The molecule has 2 aromatic heterocycles. The molecule has 16 heavy (non-hydrogen) atoms. The number of hydrogen-bond acceptors (Lipinski definition) is 0. The van der Waals surface area contributed by atoms with Gasteiger partial charge in [0.25, 0.3) is 5.92 Å². The van der Waals surface area contributed by atoms with Gasteiger partial charge in [0.15, 0.2) is 0 Å².